The Bertz CT molecular complexity index is 1150. The molecule has 2 amide bonds. The highest BCUT2D eigenvalue weighted by Crippen LogP contribution is 2.35. The molecule has 0 spiro atoms. The maximum Gasteiger partial charge on any atom is 0.271 e. The molecule has 34 heavy (non-hydrogen) atoms. The first-order chi connectivity index (χ1) is 16.5. The van der Waals surface area contributed by atoms with Gasteiger partial charge in [-0.2, -0.15) is 0 Å². The van der Waals surface area contributed by atoms with Gasteiger partial charge in [0, 0.05) is 12.6 Å². The molecule has 1 aliphatic carbocycles. The Kier molecular flexibility index (Phi) is 6.07. The van der Waals surface area contributed by atoms with Gasteiger partial charge >= 0.3 is 0 Å². The third kappa shape index (κ3) is 4.06. The Morgan fingerprint density at radius 3 is 2.50 bits per heavy atom. The monoisotopic (exact) mass is 459 g/mol. The van der Waals surface area contributed by atoms with E-state index in [0.29, 0.717) is 24.5 Å². The second kappa shape index (κ2) is 9.16. The van der Waals surface area contributed by atoms with Crippen LogP contribution in [-0.2, 0) is 11.3 Å². The van der Waals surface area contributed by atoms with Gasteiger partial charge in [0.05, 0.1) is 18.5 Å². The third-order valence-electron chi connectivity index (χ3n) is 7.53. The fourth-order valence-corrected chi connectivity index (χ4v) is 5.45. The van der Waals surface area contributed by atoms with Gasteiger partial charge in [0.1, 0.15) is 17.0 Å². The van der Waals surface area contributed by atoms with Gasteiger partial charge in [-0.15, -0.1) is 0 Å². The van der Waals surface area contributed by atoms with Crippen molar-refractivity contribution in [3.05, 3.63) is 72.1 Å². The molecule has 1 aromatic carbocycles. The lowest BCUT2D eigenvalue weighted by molar-refractivity contribution is -0.134. The lowest BCUT2D eigenvalue weighted by Crippen LogP contribution is -2.65. The molecule has 1 fully saturated rings. The van der Waals surface area contributed by atoms with Crippen LogP contribution in [0.5, 0.6) is 0 Å². The predicted molar refractivity (Wildman–Crippen MR) is 131 cm³/mol. The Balaban J connectivity index is 1.50. The van der Waals surface area contributed by atoms with Crippen LogP contribution >= 0.6 is 0 Å². The van der Waals surface area contributed by atoms with E-state index in [-0.39, 0.29) is 23.8 Å². The number of carbonyl (C=O) groups is 2. The van der Waals surface area contributed by atoms with E-state index < -0.39 is 5.54 Å². The maximum absolute atomic E-state index is 13.9. The molecule has 0 radical (unpaired) electrons. The van der Waals surface area contributed by atoms with Crippen LogP contribution in [0.4, 0.5) is 0 Å². The number of rotatable bonds is 6. The molecule has 0 saturated heterocycles. The zero-order chi connectivity index (χ0) is 23.7. The summed E-state index contributed by atoms with van der Waals surface area (Å²) < 4.78 is 7.58. The van der Waals surface area contributed by atoms with Crippen LogP contribution in [0.2, 0.25) is 0 Å². The van der Waals surface area contributed by atoms with Gasteiger partial charge in [-0.1, -0.05) is 56.5 Å². The Labute approximate surface area is 200 Å². The molecule has 6 heteroatoms. The molecule has 178 valence electrons. The van der Waals surface area contributed by atoms with Gasteiger partial charge in [-0.25, -0.2) is 0 Å². The molecule has 2 aliphatic rings. The van der Waals surface area contributed by atoms with Crippen molar-refractivity contribution < 1.29 is 14.0 Å². The SMILES string of the molecule is CC(CN1C(=O)c2ccc(-c3ccco3)n2CC1(C)C(=O)NC1CCCCC1)c1ccccc1. The lowest BCUT2D eigenvalue weighted by atomic mass is 9.89. The zero-order valence-electron chi connectivity index (χ0n) is 20.0. The molecule has 0 bridgehead atoms. The van der Waals surface area contributed by atoms with Crippen molar-refractivity contribution >= 4 is 11.8 Å². The molecule has 3 heterocycles. The second-order valence-corrected chi connectivity index (χ2v) is 9.98. The fraction of sp³-hybridized carbons (Fsp3) is 0.429. The van der Waals surface area contributed by atoms with Gasteiger partial charge < -0.3 is 19.2 Å². The summed E-state index contributed by atoms with van der Waals surface area (Å²) in [7, 11) is 0. The largest absolute Gasteiger partial charge is 0.463 e. The normalized spacial score (nSPS) is 21.8. The molecule has 1 saturated carbocycles. The van der Waals surface area contributed by atoms with E-state index in [9.17, 15) is 9.59 Å². The summed E-state index contributed by atoms with van der Waals surface area (Å²) in [6, 6.07) is 17.8. The Hall–Kier alpha value is -3.28. The fourth-order valence-electron chi connectivity index (χ4n) is 5.45. The van der Waals surface area contributed by atoms with Crippen LogP contribution in [0.25, 0.3) is 11.5 Å². The molecule has 1 N–H and O–H groups in total. The summed E-state index contributed by atoms with van der Waals surface area (Å²) in [4.78, 5) is 29.5. The quantitative estimate of drug-likeness (QED) is 0.550. The number of amides is 2. The van der Waals surface area contributed by atoms with Crippen molar-refractivity contribution in [2.24, 2.45) is 0 Å². The molecular weight excluding hydrogens is 426 g/mol. The Morgan fingerprint density at radius 2 is 1.79 bits per heavy atom. The minimum atomic E-state index is -1.01. The number of hydrogen-bond acceptors (Lipinski definition) is 3. The zero-order valence-corrected chi connectivity index (χ0v) is 20.0. The molecule has 2 aromatic heterocycles. The summed E-state index contributed by atoms with van der Waals surface area (Å²) >= 11 is 0. The van der Waals surface area contributed by atoms with Gasteiger partial charge in [0.2, 0.25) is 5.91 Å². The van der Waals surface area contributed by atoms with E-state index in [1.807, 2.05) is 54.0 Å². The smallest absolute Gasteiger partial charge is 0.271 e. The van der Waals surface area contributed by atoms with Crippen molar-refractivity contribution in [3.63, 3.8) is 0 Å². The predicted octanol–water partition coefficient (Wildman–Crippen LogP) is 5.22. The molecule has 2 atom stereocenters. The molecular formula is C28H33N3O3. The first-order valence-corrected chi connectivity index (χ1v) is 12.4. The molecule has 2 unspecified atom stereocenters. The van der Waals surface area contributed by atoms with Crippen LogP contribution in [0.1, 0.15) is 67.9 Å². The van der Waals surface area contributed by atoms with Crippen molar-refractivity contribution in [2.45, 2.75) is 70.0 Å². The van der Waals surface area contributed by atoms with Gasteiger partial charge in [-0.3, -0.25) is 9.59 Å². The highest BCUT2D eigenvalue weighted by atomic mass is 16.3. The van der Waals surface area contributed by atoms with Crippen LogP contribution in [-0.4, -0.2) is 39.4 Å². The average Bonchev–Trinajstić information content (AvgIpc) is 3.53. The number of hydrogen-bond donors (Lipinski definition) is 1. The second-order valence-electron chi connectivity index (χ2n) is 9.98. The number of fused-ring (bicyclic) bond motifs is 1. The van der Waals surface area contributed by atoms with Crippen molar-refractivity contribution in [1.82, 2.24) is 14.8 Å². The van der Waals surface area contributed by atoms with Gasteiger partial charge in [-0.05, 0) is 55.5 Å². The van der Waals surface area contributed by atoms with E-state index in [0.717, 1.165) is 36.9 Å². The number of furan rings is 1. The summed E-state index contributed by atoms with van der Waals surface area (Å²) in [5, 5.41) is 3.30. The standard InChI is InChI=1S/C28H33N3O3/c1-20(21-10-5-3-6-11-21)18-31-26(32)24-16-15-23(25-14-9-17-34-25)30(24)19-28(31,2)27(33)29-22-12-7-4-8-13-22/h3,5-6,9-11,14-17,20,22H,4,7-8,12-13,18-19H2,1-2H3,(H,29,33). The Morgan fingerprint density at radius 1 is 1.06 bits per heavy atom. The molecule has 5 rings (SSSR count). The van der Waals surface area contributed by atoms with Crippen molar-refractivity contribution in [1.29, 1.82) is 0 Å². The van der Waals surface area contributed by atoms with Crippen molar-refractivity contribution in [2.75, 3.05) is 6.54 Å². The highest BCUT2D eigenvalue weighted by molar-refractivity contribution is 6.00. The number of nitrogens with one attached hydrogen (secondary N) is 1. The van der Waals surface area contributed by atoms with Crippen molar-refractivity contribution in [3.8, 4) is 11.5 Å². The number of aromatic nitrogens is 1. The molecule has 6 nitrogen and oxygen atoms in total. The lowest BCUT2D eigenvalue weighted by Gasteiger charge is -2.46. The van der Waals surface area contributed by atoms with Crippen LogP contribution in [0.3, 0.4) is 0 Å². The van der Waals surface area contributed by atoms with Gasteiger partial charge in [0.15, 0.2) is 0 Å². The van der Waals surface area contributed by atoms with E-state index in [1.165, 1.54) is 6.42 Å². The topological polar surface area (TPSA) is 67.5 Å². The first-order valence-electron chi connectivity index (χ1n) is 12.4. The van der Waals surface area contributed by atoms with Gasteiger partial charge in [0.25, 0.3) is 5.91 Å². The minimum absolute atomic E-state index is 0.0715. The number of carbonyl (C=O) groups excluding carboxylic acids is 2. The average molecular weight is 460 g/mol. The first kappa shape index (κ1) is 22.5. The minimum Gasteiger partial charge on any atom is -0.463 e. The van der Waals surface area contributed by atoms with Crippen LogP contribution in [0, 0.1) is 0 Å². The molecule has 3 aromatic rings. The number of nitrogens with zero attached hydrogens (tertiary/aromatic N) is 2. The summed E-state index contributed by atoms with van der Waals surface area (Å²) in [6.45, 7) is 4.88. The van der Waals surface area contributed by atoms with E-state index in [4.69, 9.17) is 4.42 Å². The number of benzene rings is 1. The van der Waals surface area contributed by atoms with Crippen LogP contribution in [0.15, 0.2) is 65.3 Å². The maximum atomic E-state index is 13.9. The van der Waals surface area contributed by atoms with E-state index in [1.54, 1.807) is 11.2 Å². The highest BCUT2D eigenvalue weighted by Gasteiger charge is 2.48. The van der Waals surface area contributed by atoms with E-state index in [2.05, 4.69) is 24.4 Å². The summed E-state index contributed by atoms with van der Waals surface area (Å²) in [5.41, 5.74) is 1.56. The third-order valence-corrected chi connectivity index (χ3v) is 7.53. The van der Waals surface area contributed by atoms with Crippen LogP contribution < -0.4 is 5.32 Å². The summed E-state index contributed by atoms with van der Waals surface area (Å²) in [5.74, 6) is 0.601. The summed E-state index contributed by atoms with van der Waals surface area (Å²) in [6.07, 6.45) is 7.13. The molecule has 1 aliphatic heterocycles. The van der Waals surface area contributed by atoms with E-state index >= 15 is 0 Å².